The lowest BCUT2D eigenvalue weighted by Crippen LogP contribution is -2.73. The topological polar surface area (TPSA) is 78.9 Å². The minimum atomic E-state index is -1.21. The van der Waals surface area contributed by atoms with E-state index in [-0.39, 0.29) is 41.9 Å². The van der Waals surface area contributed by atoms with Crippen molar-refractivity contribution in [3.63, 3.8) is 0 Å². The molecule has 1 amide bonds. The molecule has 0 radical (unpaired) electrons. The van der Waals surface area contributed by atoms with Gasteiger partial charge in [0, 0.05) is 0 Å². The standard InChI is InChI=1S/C21H19ClN2O4/c22-11-16-19(21(26)27)24-15(12-28-16)18(20(24)25)23-17(13-7-3-1-4-8-13)14-9-5-2-6-10-14/h1-10,15,17-18,23H,11-12H2,(H,26,27)/t15-,18+/m1/s1. The quantitative estimate of drug-likeness (QED) is 0.577. The van der Waals surface area contributed by atoms with Crippen LogP contribution in [-0.4, -0.2) is 46.5 Å². The predicted octanol–water partition coefficient (Wildman–Crippen LogP) is 2.51. The van der Waals surface area contributed by atoms with E-state index in [2.05, 4.69) is 5.32 Å². The molecule has 28 heavy (non-hydrogen) atoms. The molecular formula is C21H19ClN2O4. The normalized spacial score (nSPS) is 21.2. The molecule has 2 atom stereocenters. The second-order valence-corrected chi connectivity index (χ2v) is 6.96. The summed E-state index contributed by atoms with van der Waals surface area (Å²) in [6.45, 7) is 0.207. The van der Waals surface area contributed by atoms with Crippen LogP contribution in [0.3, 0.4) is 0 Å². The number of hydrogen-bond donors (Lipinski definition) is 2. The number of carbonyl (C=O) groups is 2. The van der Waals surface area contributed by atoms with Crippen LogP contribution in [0, 0.1) is 0 Å². The molecule has 144 valence electrons. The molecule has 1 saturated heterocycles. The summed E-state index contributed by atoms with van der Waals surface area (Å²) in [5.74, 6) is -1.47. The summed E-state index contributed by atoms with van der Waals surface area (Å²) in [5, 5.41) is 12.9. The molecular weight excluding hydrogens is 380 g/mol. The predicted molar refractivity (Wildman–Crippen MR) is 104 cm³/mol. The Bertz CT molecular complexity index is 877. The first-order chi connectivity index (χ1) is 13.6. The number of hydrogen-bond acceptors (Lipinski definition) is 4. The van der Waals surface area contributed by atoms with Crippen molar-refractivity contribution in [2.45, 2.75) is 18.1 Å². The molecule has 2 aliphatic rings. The smallest absolute Gasteiger partial charge is 0.356 e. The number of amides is 1. The Morgan fingerprint density at radius 2 is 1.71 bits per heavy atom. The molecule has 0 aliphatic carbocycles. The SMILES string of the molecule is O=C(O)C1=C(CCl)OC[C@@H]2[C@H](NC(c3ccccc3)c3ccccc3)C(=O)N12. The third kappa shape index (κ3) is 3.15. The van der Waals surface area contributed by atoms with Gasteiger partial charge in [-0.2, -0.15) is 0 Å². The molecule has 0 bridgehead atoms. The maximum absolute atomic E-state index is 12.8. The summed E-state index contributed by atoms with van der Waals surface area (Å²) in [6, 6.07) is 18.5. The third-order valence-corrected chi connectivity index (χ3v) is 5.33. The fraction of sp³-hybridized carbons (Fsp3) is 0.238. The Kier molecular flexibility index (Phi) is 5.07. The zero-order valence-corrected chi connectivity index (χ0v) is 15.7. The van der Waals surface area contributed by atoms with E-state index < -0.39 is 12.0 Å². The minimum Gasteiger partial charge on any atom is -0.492 e. The van der Waals surface area contributed by atoms with Gasteiger partial charge in [0.25, 0.3) is 0 Å². The van der Waals surface area contributed by atoms with E-state index in [0.29, 0.717) is 0 Å². The molecule has 4 rings (SSSR count). The van der Waals surface area contributed by atoms with Gasteiger partial charge in [-0.3, -0.25) is 15.0 Å². The van der Waals surface area contributed by atoms with Gasteiger partial charge in [0.1, 0.15) is 18.4 Å². The number of nitrogens with one attached hydrogen (secondary N) is 1. The van der Waals surface area contributed by atoms with Crippen LogP contribution in [0.4, 0.5) is 0 Å². The van der Waals surface area contributed by atoms with Crippen LogP contribution in [0.2, 0.25) is 0 Å². The number of nitrogens with zero attached hydrogens (tertiary/aromatic N) is 1. The molecule has 2 heterocycles. The zero-order chi connectivity index (χ0) is 19.7. The fourth-order valence-corrected chi connectivity index (χ4v) is 3.95. The summed E-state index contributed by atoms with van der Waals surface area (Å²) in [7, 11) is 0. The lowest BCUT2D eigenvalue weighted by Gasteiger charge is -2.50. The van der Waals surface area contributed by atoms with Crippen molar-refractivity contribution in [2.75, 3.05) is 12.5 Å². The first-order valence-electron chi connectivity index (χ1n) is 8.96. The monoisotopic (exact) mass is 398 g/mol. The number of benzene rings is 2. The van der Waals surface area contributed by atoms with Crippen LogP contribution in [-0.2, 0) is 14.3 Å². The van der Waals surface area contributed by atoms with Gasteiger partial charge in [0.2, 0.25) is 5.91 Å². The highest BCUT2D eigenvalue weighted by Gasteiger charge is 2.54. The Balaban J connectivity index is 1.62. The molecule has 0 spiro atoms. The van der Waals surface area contributed by atoms with Crippen molar-refractivity contribution in [1.29, 1.82) is 0 Å². The van der Waals surface area contributed by atoms with E-state index in [1.807, 2.05) is 60.7 Å². The zero-order valence-electron chi connectivity index (χ0n) is 14.9. The van der Waals surface area contributed by atoms with Crippen LogP contribution in [0.5, 0.6) is 0 Å². The molecule has 1 fully saturated rings. The number of carboxylic acid groups (broad SMARTS) is 1. The van der Waals surface area contributed by atoms with Crippen molar-refractivity contribution >= 4 is 23.5 Å². The number of rotatable bonds is 6. The van der Waals surface area contributed by atoms with Crippen LogP contribution in [0.25, 0.3) is 0 Å². The van der Waals surface area contributed by atoms with E-state index >= 15 is 0 Å². The van der Waals surface area contributed by atoms with Crippen molar-refractivity contribution in [3.8, 4) is 0 Å². The highest BCUT2D eigenvalue weighted by molar-refractivity contribution is 6.19. The van der Waals surface area contributed by atoms with Crippen LogP contribution in [0.15, 0.2) is 72.1 Å². The van der Waals surface area contributed by atoms with Gasteiger partial charge >= 0.3 is 5.97 Å². The molecule has 2 aliphatic heterocycles. The first-order valence-corrected chi connectivity index (χ1v) is 9.49. The maximum atomic E-state index is 12.8. The van der Waals surface area contributed by atoms with E-state index in [1.54, 1.807) is 0 Å². The van der Waals surface area contributed by atoms with Crippen LogP contribution in [0.1, 0.15) is 17.2 Å². The Morgan fingerprint density at radius 1 is 1.14 bits per heavy atom. The molecule has 0 saturated carbocycles. The Labute approximate surface area is 167 Å². The van der Waals surface area contributed by atoms with Crippen LogP contribution < -0.4 is 5.32 Å². The number of carboxylic acids is 1. The van der Waals surface area contributed by atoms with Gasteiger partial charge in [-0.05, 0) is 11.1 Å². The molecule has 6 nitrogen and oxygen atoms in total. The summed E-state index contributed by atoms with van der Waals surface area (Å²) in [5.41, 5.74) is 1.88. The van der Waals surface area contributed by atoms with Crippen molar-refractivity contribution in [2.24, 2.45) is 0 Å². The lowest BCUT2D eigenvalue weighted by molar-refractivity contribution is -0.159. The summed E-state index contributed by atoms with van der Waals surface area (Å²) in [6.07, 6.45) is 0. The minimum absolute atomic E-state index is 0.0904. The van der Waals surface area contributed by atoms with E-state index in [1.165, 1.54) is 4.90 Å². The number of carbonyl (C=O) groups excluding carboxylic acids is 1. The molecule has 7 heteroatoms. The molecule has 2 aromatic carbocycles. The van der Waals surface area contributed by atoms with Gasteiger partial charge in [0.15, 0.2) is 5.70 Å². The van der Waals surface area contributed by atoms with Crippen molar-refractivity contribution in [3.05, 3.63) is 83.2 Å². The summed E-state index contributed by atoms with van der Waals surface area (Å²) >= 11 is 5.78. The van der Waals surface area contributed by atoms with Gasteiger partial charge in [-0.15, -0.1) is 11.6 Å². The number of allylic oxidation sites excluding steroid dienone is 1. The number of fused-ring (bicyclic) bond motifs is 1. The number of β-lactam (4-membered cyclic amide) rings is 1. The summed E-state index contributed by atoms with van der Waals surface area (Å²) < 4.78 is 5.54. The van der Waals surface area contributed by atoms with Gasteiger partial charge in [-0.25, -0.2) is 4.79 Å². The molecule has 0 unspecified atom stereocenters. The largest absolute Gasteiger partial charge is 0.492 e. The van der Waals surface area contributed by atoms with Gasteiger partial charge in [0.05, 0.1) is 18.0 Å². The number of ether oxygens (including phenoxy) is 1. The molecule has 0 aromatic heterocycles. The first kappa shape index (κ1) is 18.5. The van der Waals surface area contributed by atoms with Crippen molar-refractivity contribution < 1.29 is 19.4 Å². The van der Waals surface area contributed by atoms with Crippen molar-refractivity contribution in [1.82, 2.24) is 10.2 Å². The number of alkyl halides is 1. The molecule has 2 aromatic rings. The molecule has 2 N–H and O–H groups in total. The van der Waals surface area contributed by atoms with Gasteiger partial charge < -0.3 is 9.84 Å². The Morgan fingerprint density at radius 3 is 2.21 bits per heavy atom. The van der Waals surface area contributed by atoms with E-state index in [9.17, 15) is 14.7 Å². The average Bonchev–Trinajstić information content (AvgIpc) is 2.74. The second kappa shape index (κ2) is 7.66. The van der Waals surface area contributed by atoms with E-state index in [0.717, 1.165) is 11.1 Å². The maximum Gasteiger partial charge on any atom is 0.356 e. The highest BCUT2D eigenvalue weighted by Crippen LogP contribution is 2.35. The van der Waals surface area contributed by atoms with Crippen LogP contribution >= 0.6 is 11.6 Å². The Hall–Kier alpha value is -2.83. The van der Waals surface area contributed by atoms with Gasteiger partial charge in [-0.1, -0.05) is 60.7 Å². The lowest BCUT2D eigenvalue weighted by atomic mass is 9.89. The fourth-order valence-electron chi connectivity index (χ4n) is 3.74. The average molecular weight is 399 g/mol. The third-order valence-electron chi connectivity index (χ3n) is 5.09. The van der Waals surface area contributed by atoms with E-state index in [4.69, 9.17) is 16.3 Å². The number of halogens is 1. The highest BCUT2D eigenvalue weighted by atomic mass is 35.5. The summed E-state index contributed by atoms with van der Waals surface area (Å²) in [4.78, 5) is 25.7. The number of aliphatic carboxylic acids is 1. The second-order valence-electron chi connectivity index (χ2n) is 6.70.